The lowest BCUT2D eigenvalue weighted by Gasteiger charge is -2.31. The van der Waals surface area contributed by atoms with Gasteiger partial charge in [0.2, 0.25) is 11.8 Å². The number of rotatable bonds is 6. The number of halogens is 2. The lowest BCUT2D eigenvalue weighted by molar-refractivity contribution is -0.122. The van der Waals surface area contributed by atoms with Gasteiger partial charge in [-0.15, -0.1) is 0 Å². The number of aliphatic hydroxyl groups is 1. The number of pyridine rings is 1. The standard InChI is InChI=1S/C15H20F2N2O3/c16-11(17)10-22-14-6-4-5-12(19-14)18-13(20)9-15(21)7-2-1-3-8-15/h4-6,11,21H,1-3,7-10H2,(H,18,19,20). The predicted molar refractivity (Wildman–Crippen MR) is 77.0 cm³/mol. The van der Waals surface area contributed by atoms with Crippen LogP contribution in [0.25, 0.3) is 0 Å². The molecular weight excluding hydrogens is 294 g/mol. The van der Waals surface area contributed by atoms with E-state index in [4.69, 9.17) is 4.74 Å². The Morgan fingerprint density at radius 3 is 2.77 bits per heavy atom. The molecule has 1 saturated carbocycles. The molecule has 5 nitrogen and oxygen atoms in total. The average molecular weight is 314 g/mol. The van der Waals surface area contributed by atoms with Gasteiger partial charge in [-0.2, -0.15) is 4.98 Å². The first kappa shape index (κ1) is 16.6. The predicted octanol–water partition coefficient (Wildman–Crippen LogP) is 2.75. The van der Waals surface area contributed by atoms with Gasteiger partial charge in [0.15, 0.2) is 6.61 Å². The van der Waals surface area contributed by atoms with Gasteiger partial charge in [0, 0.05) is 6.07 Å². The zero-order valence-corrected chi connectivity index (χ0v) is 12.2. The number of ether oxygens (including phenoxy) is 1. The first-order valence-corrected chi connectivity index (χ1v) is 7.37. The second-order valence-corrected chi connectivity index (χ2v) is 5.57. The van der Waals surface area contributed by atoms with Crippen LogP contribution in [-0.2, 0) is 4.79 Å². The van der Waals surface area contributed by atoms with E-state index in [1.165, 1.54) is 12.1 Å². The van der Waals surface area contributed by atoms with Crippen LogP contribution in [0.4, 0.5) is 14.6 Å². The van der Waals surface area contributed by atoms with Crippen LogP contribution in [0.2, 0.25) is 0 Å². The monoisotopic (exact) mass is 314 g/mol. The third-order valence-electron chi connectivity index (χ3n) is 3.62. The molecule has 0 unspecified atom stereocenters. The maximum Gasteiger partial charge on any atom is 0.272 e. The molecule has 0 aliphatic heterocycles. The summed E-state index contributed by atoms with van der Waals surface area (Å²) in [6.07, 6.45) is 1.57. The summed E-state index contributed by atoms with van der Waals surface area (Å²) in [6, 6.07) is 4.53. The van der Waals surface area contributed by atoms with Crippen molar-refractivity contribution in [3.8, 4) is 5.88 Å². The third-order valence-corrected chi connectivity index (χ3v) is 3.62. The summed E-state index contributed by atoms with van der Waals surface area (Å²) in [6.45, 7) is -0.746. The number of carbonyl (C=O) groups excluding carboxylic acids is 1. The zero-order chi connectivity index (χ0) is 16.0. The first-order chi connectivity index (χ1) is 10.5. The van der Waals surface area contributed by atoms with Gasteiger partial charge < -0.3 is 15.2 Å². The van der Waals surface area contributed by atoms with Crippen LogP contribution in [-0.4, -0.2) is 34.6 Å². The normalized spacial score (nSPS) is 17.3. The number of hydrogen-bond donors (Lipinski definition) is 2. The van der Waals surface area contributed by atoms with Crippen LogP contribution in [0.15, 0.2) is 18.2 Å². The topological polar surface area (TPSA) is 71.5 Å². The third kappa shape index (κ3) is 5.22. The molecule has 7 heteroatoms. The molecule has 0 aromatic carbocycles. The summed E-state index contributed by atoms with van der Waals surface area (Å²) in [5, 5.41) is 12.9. The van der Waals surface area contributed by atoms with Crippen molar-refractivity contribution >= 4 is 11.7 Å². The van der Waals surface area contributed by atoms with Gasteiger partial charge in [-0.3, -0.25) is 4.79 Å². The molecule has 1 fully saturated rings. The Hall–Kier alpha value is -1.76. The van der Waals surface area contributed by atoms with Crippen molar-refractivity contribution in [2.75, 3.05) is 11.9 Å². The molecule has 1 aliphatic rings. The Labute approximate surface area is 127 Å². The molecule has 0 bridgehead atoms. The molecule has 1 heterocycles. The van der Waals surface area contributed by atoms with Gasteiger partial charge in [-0.1, -0.05) is 25.3 Å². The Morgan fingerprint density at radius 1 is 1.36 bits per heavy atom. The number of aromatic nitrogens is 1. The molecule has 22 heavy (non-hydrogen) atoms. The number of anilines is 1. The number of amides is 1. The lowest BCUT2D eigenvalue weighted by Crippen LogP contribution is -2.36. The largest absolute Gasteiger partial charge is 0.472 e. The van der Waals surface area contributed by atoms with Gasteiger partial charge in [0.25, 0.3) is 6.43 Å². The maximum atomic E-state index is 12.1. The number of nitrogens with one attached hydrogen (secondary N) is 1. The van der Waals surface area contributed by atoms with Gasteiger partial charge in [-0.05, 0) is 18.9 Å². The second-order valence-electron chi connectivity index (χ2n) is 5.57. The van der Waals surface area contributed by atoms with E-state index in [1.54, 1.807) is 6.07 Å². The highest BCUT2D eigenvalue weighted by atomic mass is 19.3. The fraction of sp³-hybridized carbons (Fsp3) is 0.600. The SMILES string of the molecule is O=C(CC1(O)CCCCC1)Nc1cccc(OCC(F)F)n1. The molecule has 0 atom stereocenters. The van der Waals surface area contributed by atoms with Crippen molar-refractivity contribution in [3.05, 3.63) is 18.2 Å². The van der Waals surface area contributed by atoms with E-state index in [1.807, 2.05) is 0 Å². The van der Waals surface area contributed by atoms with Crippen LogP contribution in [0.1, 0.15) is 38.5 Å². The maximum absolute atomic E-state index is 12.1. The fourth-order valence-electron chi connectivity index (χ4n) is 2.59. The van der Waals surface area contributed by atoms with E-state index in [0.29, 0.717) is 12.8 Å². The summed E-state index contributed by atoms with van der Waals surface area (Å²) in [5.74, 6) is -0.103. The van der Waals surface area contributed by atoms with E-state index in [0.717, 1.165) is 19.3 Å². The second kappa shape index (κ2) is 7.49. The highest BCUT2D eigenvalue weighted by Crippen LogP contribution is 2.31. The van der Waals surface area contributed by atoms with Gasteiger partial charge in [-0.25, -0.2) is 8.78 Å². The zero-order valence-electron chi connectivity index (χ0n) is 12.2. The smallest absolute Gasteiger partial charge is 0.272 e. The molecule has 122 valence electrons. The van der Waals surface area contributed by atoms with Crippen LogP contribution in [0.3, 0.4) is 0 Å². The quantitative estimate of drug-likeness (QED) is 0.847. The fourth-order valence-corrected chi connectivity index (χ4v) is 2.59. The Balaban J connectivity index is 1.89. The van der Waals surface area contributed by atoms with Crippen LogP contribution in [0.5, 0.6) is 5.88 Å². The summed E-state index contributed by atoms with van der Waals surface area (Å²) < 4.78 is 29.0. The molecular formula is C15H20F2N2O3. The minimum absolute atomic E-state index is 0.0107. The Morgan fingerprint density at radius 2 is 2.09 bits per heavy atom. The molecule has 1 aliphatic carbocycles. The summed E-state index contributed by atoms with van der Waals surface area (Å²) in [5.41, 5.74) is -0.952. The van der Waals surface area contributed by atoms with Crippen LogP contribution in [0, 0.1) is 0 Å². The van der Waals surface area contributed by atoms with E-state index in [2.05, 4.69) is 10.3 Å². The van der Waals surface area contributed by atoms with Crippen molar-refractivity contribution in [2.45, 2.75) is 50.6 Å². The molecule has 0 spiro atoms. The van der Waals surface area contributed by atoms with Crippen molar-refractivity contribution in [1.82, 2.24) is 4.98 Å². The van der Waals surface area contributed by atoms with Gasteiger partial charge >= 0.3 is 0 Å². The van der Waals surface area contributed by atoms with Gasteiger partial charge in [0.05, 0.1) is 12.0 Å². The number of nitrogens with zero attached hydrogens (tertiary/aromatic N) is 1. The minimum Gasteiger partial charge on any atom is -0.472 e. The molecule has 0 radical (unpaired) electrons. The minimum atomic E-state index is -2.58. The van der Waals surface area contributed by atoms with E-state index in [9.17, 15) is 18.7 Å². The number of alkyl halides is 2. The molecule has 1 amide bonds. The van der Waals surface area contributed by atoms with Crippen LogP contribution < -0.4 is 10.1 Å². The van der Waals surface area contributed by atoms with Crippen molar-refractivity contribution in [2.24, 2.45) is 0 Å². The number of carbonyl (C=O) groups is 1. The lowest BCUT2D eigenvalue weighted by atomic mass is 9.82. The van der Waals surface area contributed by atoms with E-state index in [-0.39, 0.29) is 24.0 Å². The van der Waals surface area contributed by atoms with Gasteiger partial charge in [0.1, 0.15) is 5.82 Å². The van der Waals surface area contributed by atoms with Crippen molar-refractivity contribution in [3.63, 3.8) is 0 Å². The molecule has 2 rings (SSSR count). The van der Waals surface area contributed by atoms with Crippen molar-refractivity contribution in [1.29, 1.82) is 0 Å². The Bertz CT molecular complexity index is 505. The highest BCUT2D eigenvalue weighted by molar-refractivity contribution is 5.90. The summed E-state index contributed by atoms with van der Waals surface area (Å²) in [7, 11) is 0. The number of hydrogen-bond acceptors (Lipinski definition) is 4. The average Bonchev–Trinajstić information content (AvgIpc) is 2.45. The molecule has 2 N–H and O–H groups in total. The molecule has 0 saturated heterocycles. The molecule has 1 aromatic heterocycles. The first-order valence-electron chi connectivity index (χ1n) is 7.37. The molecule has 1 aromatic rings. The Kier molecular flexibility index (Phi) is 5.65. The van der Waals surface area contributed by atoms with Crippen molar-refractivity contribution < 1.29 is 23.4 Å². The van der Waals surface area contributed by atoms with E-state index >= 15 is 0 Å². The van der Waals surface area contributed by atoms with Crippen LogP contribution >= 0.6 is 0 Å². The summed E-state index contributed by atoms with van der Waals surface area (Å²) >= 11 is 0. The highest BCUT2D eigenvalue weighted by Gasteiger charge is 2.31. The summed E-state index contributed by atoms with van der Waals surface area (Å²) in [4.78, 5) is 15.9. The van der Waals surface area contributed by atoms with E-state index < -0.39 is 18.6 Å².